The summed E-state index contributed by atoms with van der Waals surface area (Å²) in [5, 5.41) is 0. The predicted octanol–water partition coefficient (Wildman–Crippen LogP) is 2.66. The van der Waals surface area contributed by atoms with Crippen molar-refractivity contribution in [2.45, 2.75) is 33.6 Å². The van der Waals surface area contributed by atoms with Gasteiger partial charge in [0.25, 0.3) is 0 Å². The Morgan fingerprint density at radius 2 is 1.83 bits per heavy atom. The van der Waals surface area contributed by atoms with Crippen LogP contribution in [0.5, 0.6) is 0 Å². The Labute approximate surface area is 141 Å². The first-order chi connectivity index (χ1) is 11.5. The second-order valence-corrected chi connectivity index (χ2v) is 5.43. The summed E-state index contributed by atoms with van der Waals surface area (Å²) in [6.45, 7) is 7.50. The Balaban J connectivity index is 2.58. The number of nitrogens with zero attached hydrogens (tertiary/aromatic N) is 2. The summed E-state index contributed by atoms with van der Waals surface area (Å²) in [7, 11) is 0. The fourth-order valence-corrected chi connectivity index (χ4v) is 2.93. The zero-order chi connectivity index (χ0) is 17.7. The van der Waals surface area contributed by atoms with Crippen molar-refractivity contribution in [3.63, 3.8) is 0 Å². The van der Waals surface area contributed by atoms with Gasteiger partial charge in [0.15, 0.2) is 0 Å². The average Bonchev–Trinajstić information content (AvgIpc) is 2.55. The van der Waals surface area contributed by atoms with Gasteiger partial charge in [-0.3, -0.25) is 14.8 Å². The van der Waals surface area contributed by atoms with E-state index in [-0.39, 0.29) is 13.2 Å². The minimum Gasteiger partial charge on any atom is -0.465 e. The lowest BCUT2D eigenvalue weighted by molar-refractivity contribution is -0.146. The largest absolute Gasteiger partial charge is 0.465 e. The van der Waals surface area contributed by atoms with Crippen molar-refractivity contribution in [2.24, 2.45) is 10.9 Å². The standard InChI is InChI=1S/C18H22N2O4/c1-5-23-17(21)14-11(3)20-12(4)15(18(22)24-6-2)16(14)13-9-7-8-10-19-13/h7-10,14,16H,5-6H2,1-4H3. The van der Waals surface area contributed by atoms with E-state index in [0.29, 0.717) is 22.7 Å². The summed E-state index contributed by atoms with van der Waals surface area (Å²) in [5.74, 6) is -2.15. The number of allylic oxidation sites excluding steroid dienone is 1. The predicted molar refractivity (Wildman–Crippen MR) is 89.5 cm³/mol. The van der Waals surface area contributed by atoms with Crippen molar-refractivity contribution >= 4 is 17.7 Å². The van der Waals surface area contributed by atoms with E-state index in [2.05, 4.69) is 9.98 Å². The van der Waals surface area contributed by atoms with E-state index in [1.165, 1.54) is 0 Å². The molecule has 1 aromatic heterocycles. The van der Waals surface area contributed by atoms with Crippen LogP contribution in [-0.2, 0) is 19.1 Å². The molecule has 128 valence electrons. The number of aromatic nitrogens is 1. The van der Waals surface area contributed by atoms with E-state index < -0.39 is 23.8 Å². The second kappa shape index (κ2) is 7.86. The molecule has 2 atom stereocenters. The number of aliphatic imine (C=N–C) groups is 1. The Kier molecular flexibility index (Phi) is 5.84. The van der Waals surface area contributed by atoms with Crippen LogP contribution in [0.25, 0.3) is 0 Å². The van der Waals surface area contributed by atoms with Gasteiger partial charge in [-0.2, -0.15) is 0 Å². The zero-order valence-electron chi connectivity index (χ0n) is 14.4. The Morgan fingerprint density at radius 1 is 1.12 bits per heavy atom. The Morgan fingerprint density at radius 3 is 2.42 bits per heavy atom. The lowest BCUT2D eigenvalue weighted by Crippen LogP contribution is -2.37. The summed E-state index contributed by atoms with van der Waals surface area (Å²) in [6.07, 6.45) is 1.64. The fraction of sp³-hybridized carbons (Fsp3) is 0.444. The maximum Gasteiger partial charge on any atom is 0.336 e. The van der Waals surface area contributed by atoms with Gasteiger partial charge >= 0.3 is 11.9 Å². The summed E-state index contributed by atoms with van der Waals surface area (Å²) in [4.78, 5) is 33.8. The molecule has 2 unspecified atom stereocenters. The zero-order valence-corrected chi connectivity index (χ0v) is 14.4. The summed E-state index contributed by atoms with van der Waals surface area (Å²) >= 11 is 0. The van der Waals surface area contributed by atoms with Gasteiger partial charge in [0.2, 0.25) is 0 Å². The Bertz CT molecular complexity index is 680. The molecule has 0 fully saturated rings. The van der Waals surface area contributed by atoms with Gasteiger partial charge < -0.3 is 9.47 Å². The highest BCUT2D eigenvalue weighted by Gasteiger charge is 2.42. The summed E-state index contributed by atoms with van der Waals surface area (Å²) in [6, 6.07) is 5.40. The van der Waals surface area contributed by atoms with Crippen molar-refractivity contribution in [2.75, 3.05) is 13.2 Å². The number of esters is 2. The van der Waals surface area contributed by atoms with Crippen molar-refractivity contribution in [3.05, 3.63) is 41.4 Å². The van der Waals surface area contributed by atoms with Crippen LogP contribution in [-0.4, -0.2) is 35.8 Å². The third-order valence-corrected chi connectivity index (χ3v) is 3.87. The van der Waals surface area contributed by atoms with Crippen LogP contribution in [0.3, 0.4) is 0 Å². The highest BCUT2D eigenvalue weighted by atomic mass is 16.5. The molecule has 0 saturated carbocycles. The van der Waals surface area contributed by atoms with Crippen molar-refractivity contribution < 1.29 is 19.1 Å². The van der Waals surface area contributed by atoms with E-state index in [1.807, 2.05) is 6.07 Å². The van der Waals surface area contributed by atoms with Crippen molar-refractivity contribution in [1.29, 1.82) is 0 Å². The highest BCUT2D eigenvalue weighted by molar-refractivity contribution is 6.06. The molecule has 6 nitrogen and oxygen atoms in total. The molecule has 2 rings (SSSR count). The molecule has 1 aliphatic rings. The molecule has 0 bridgehead atoms. The van der Waals surface area contributed by atoms with E-state index in [9.17, 15) is 9.59 Å². The summed E-state index contributed by atoms with van der Waals surface area (Å²) in [5.41, 5.74) is 2.13. The van der Waals surface area contributed by atoms with Gasteiger partial charge in [-0.05, 0) is 39.8 Å². The molecular formula is C18H22N2O4. The van der Waals surface area contributed by atoms with E-state index in [1.54, 1.807) is 46.0 Å². The van der Waals surface area contributed by atoms with Gasteiger partial charge in [-0.1, -0.05) is 6.07 Å². The number of hydrogen-bond donors (Lipinski definition) is 0. The van der Waals surface area contributed by atoms with Gasteiger partial charge in [0.1, 0.15) is 5.92 Å². The Hall–Kier alpha value is -2.50. The third-order valence-electron chi connectivity index (χ3n) is 3.87. The van der Waals surface area contributed by atoms with E-state index >= 15 is 0 Å². The lowest BCUT2D eigenvalue weighted by atomic mass is 9.77. The number of carbonyl (C=O) groups excluding carboxylic acids is 2. The molecule has 1 aromatic rings. The SMILES string of the molecule is CCOC(=O)C1=C(C)N=C(C)C(C(=O)OCC)C1c1ccccn1. The van der Waals surface area contributed by atoms with Gasteiger partial charge in [-0.25, -0.2) is 4.79 Å². The number of rotatable bonds is 5. The first-order valence-corrected chi connectivity index (χ1v) is 8.01. The monoisotopic (exact) mass is 330 g/mol. The molecule has 0 aromatic carbocycles. The topological polar surface area (TPSA) is 77.8 Å². The maximum atomic E-state index is 12.5. The number of pyridine rings is 1. The average molecular weight is 330 g/mol. The van der Waals surface area contributed by atoms with Crippen molar-refractivity contribution in [1.82, 2.24) is 4.98 Å². The fourth-order valence-electron chi connectivity index (χ4n) is 2.93. The molecule has 2 heterocycles. The van der Waals surface area contributed by atoms with Crippen LogP contribution >= 0.6 is 0 Å². The molecule has 1 aliphatic heterocycles. The van der Waals surface area contributed by atoms with Crippen LogP contribution in [0, 0.1) is 5.92 Å². The molecule has 0 aliphatic carbocycles. The van der Waals surface area contributed by atoms with Crippen LogP contribution in [0.1, 0.15) is 39.3 Å². The smallest absolute Gasteiger partial charge is 0.336 e. The van der Waals surface area contributed by atoms with Crippen LogP contribution in [0.15, 0.2) is 40.7 Å². The lowest BCUT2D eigenvalue weighted by Gasteiger charge is -2.30. The third kappa shape index (κ3) is 3.53. The molecule has 0 saturated heterocycles. The summed E-state index contributed by atoms with van der Waals surface area (Å²) < 4.78 is 10.4. The normalized spacial score (nSPS) is 20.4. The minimum atomic E-state index is -0.692. The molecule has 0 radical (unpaired) electrons. The van der Waals surface area contributed by atoms with Gasteiger partial charge in [0, 0.05) is 23.3 Å². The van der Waals surface area contributed by atoms with E-state index in [4.69, 9.17) is 9.47 Å². The second-order valence-electron chi connectivity index (χ2n) is 5.43. The van der Waals surface area contributed by atoms with Gasteiger partial charge in [-0.15, -0.1) is 0 Å². The minimum absolute atomic E-state index is 0.247. The highest BCUT2D eigenvalue weighted by Crippen LogP contribution is 2.39. The molecule has 0 N–H and O–H groups in total. The first kappa shape index (κ1) is 17.8. The van der Waals surface area contributed by atoms with Crippen LogP contribution < -0.4 is 0 Å². The van der Waals surface area contributed by atoms with Crippen LogP contribution in [0.2, 0.25) is 0 Å². The van der Waals surface area contributed by atoms with E-state index in [0.717, 1.165) is 0 Å². The quantitative estimate of drug-likeness (QED) is 0.776. The number of hydrogen-bond acceptors (Lipinski definition) is 6. The molecule has 6 heteroatoms. The maximum absolute atomic E-state index is 12.5. The molecule has 0 amide bonds. The van der Waals surface area contributed by atoms with Crippen molar-refractivity contribution in [3.8, 4) is 0 Å². The molecule has 0 spiro atoms. The van der Waals surface area contributed by atoms with Crippen LogP contribution in [0.4, 0.5) is 0 Å². The van der Waals surface area contributed by atoms with Gasteiger partial charge in [0.05, 0.1) is 24.7 Å². The number of ether oxygens (including phenoxy) is 2. The molecular weight excluding hydrogens is 308 g/mol. The first-order valence-electron chi connectivity index (χ1n) is 8.01. The number of carbonyl (C=O) groups is 2. The molecule has 24 heavy (non-hydrogen) atoms.